The van der Waals surface area contributed by atoms with Crippen LogP contribution >= 0.6 is 0 Å². The molecule has 1 aromatic carbocycles. The molecule has 0 aliphatic heterocycles. The number of hydrogen-bond donors (Lipinski definition) is 2. The summed E-state index contributed by atoms with van der Waals surface area (Å²) in [6, 6.07) is 7.73. The average Bonchev–Trinajstić information content (AvgIpc) is 2.23. The lowest BCUT2D eigenvalue weighted by atomic mass is 10.1. The number of carbonyl (C=O) groups excluding carboxylic acids is 1. The molecule has 0 aliphatic rings. The van der Waals surface area contributed by atoms with Crippen LogP contribution in [0, 0.1) is 6.92 Å². The Bertz CT molecular complexity index is 424. The SMILES string of the molecule is Cc1cccc(CNC(=O)C=CC(=O)O)c1. The molecule has 0 radical (unpaired) electrons. The summed E-state index contributed by atoms with van der Waals surface area (Å²) in [5.74, 6) is -1.55. The minimum atomic E-state index is -1.13. The molecule has 2 N–H and O–H groups in total. The van der Waals surface area contributed by atoms with Crippen LogP contribution in [0.2, 0.25) is 0 Å². The molecular weight excluding hydrogens is 206 g/mol. The van der Waals surface area contributed by atoms with Gasteiger partial charge in [-0.3, -0.25) is 4.79 Å². The van der Waals surface area contributed by atoms with Crippen molar-refractivity contribution in [2.45, 2.75) is 13.5 Å². The maximum Gasteiger partial charge on any atom is 0.328 e. The predicted octanol–water partition coefficient (Wildman–Crippen LogP) is 1.25. The van der Waals surface area contributed by atoms with E-state index in [0.29, 0.717) is 6.54 Å². The number of carboxylic acid groups (broad SMARTS) is 1. The molecule has 0 atom stereocenters. The monoisotopic (exact) mass is 219 g/mol. The van der Waals surface area contributed by atoms with Crippen LogP contribution in [0.4, 0.5) is 0 Å². The minimum absolute atomic E-state index is 0.393. The Kier molecular flexibility index (Phi) is 4.27. The van der Waals surface area contributed by atoms with E-state index in [1.807, 2.05) is 31.2 Å². The molecule has 16 heavy (non-hydrogen) atoms. The zero-order chi connectivity index (χ0) is 12.0. The molecule has 0 saturated heterocycles. The number of aryl methyl sites for hydroxylation is 1. The first-order valence-corrected chi connectivity index (χ1v) is 4.82. The average molecular weight is 219 g/mol. The first kappa shape index (κ1) is 12.0. The summed E-state index contributed by atoms with van der Waals surface area (Å²) < 4.78 is 0. The minimum Gasteiger partial charge on any atom is -0.478 e. The van der Waals surface area contributed by atoms with E-state index in [1.54, 1.807) is 0 Å². The molecule has 0 aliphatic carbocycles. The lowest BCUT2D eigenvalue weighted by Crippen LogP contribution is -2.20. The third-order valence-corrected chi connectivity index (χ3v) is 1.93. The summed E-state index contributed by atoms with van der Waals surface area (Å²) in [4.78, 5) is 21.3. The van der Waals surface area contributed by atoms with Crippen LogP contribution in [0.1, 0.15) is 11.1 Å². The molecule has 0 heterocycles. The standard InChI is InChI=1S/C12H13NO3/c1-9-3-2-4-10(7-9)8-13-11(14)5-6-12(15)16/h2-7H,8H2,1H3,(H,13,14)(H,15,16). The van der Waals surface area contributed by atoms with E-state index < -0.39 is 11.9 Å². The van der Waals surface area contributed by atoms with Crippen LogP contribution in [-0.2, 0) is 16.1 Å². The highest BCUT2D eigenvalue weighted by Crippen LogP contribution is 2.02. The van der Waals surface area contributed by atoms with Crippen LogP contribution in [0.15, 0.2) is 36.4 Å². The van der Waals surface area contributed by atoms with Gasteiger partial charge < -0.3 is 10.4 Å². The number of hydrogen-bond acceptors (Lipinski definition) is 2. The Morgan fingerprint density at radius 3 is 2.75 bits per heavy atom. The van der Waals surface area contributed by atoms with Gasteiger partial charge in [-0.15, -0.1) is 0 Å². The fourth-order valence-electron chi connectivity index (χ4n) is 1.22. The molecule has 1 rings (SSSR count). The largest absolute Gasteiger partial charge is 0.478 e. The van der Waals surface area contributed by atoms with Crippen LogP contribution in [0.25, 0.3) is 0 Å². The molecule has 0 unspecified atom stereocenters. The van der Waals surface area contributed by atoms with Crippen molar-refractivity contribution in [2.75, 3.05) is 0 Å². The summed E-state index contributed by atoms with van der Waals surface area (Å²) >= 11 is 0. The van der Waals surface area contributed by atoms with Crippen molar-refractivity contribution in [3.63, 3.8) is 0 Å². The van der Waals surface area contributed by atoms with Crippen molar-refractivity contribution >= 4 is 11.9 Å². The number of benzene rings is 1. The number of rotatable bonds is 4. The highest BCUT2D eigenvalue weighted by Gasteiger charge is 1.97. The van der Waals surface area contributed by atoms with E-state index in [-0.39, 0.29) is 0 Å². The van der Waals surface area contributed by atoms with Gasteiger partial charge in [0.15, 0.2) is 0 Å². The molecule has 1 aromatic rings. The highest BCUT2D eigenvalue weighted by atomic mass is 16.4. The van der Waals surface area contributed by atoms with Crippen molar-refractivity contribution in [1.29, 1.82) is 0 Å². The molecule has 0 spiro atoms. The van der Waals surface area contributed by atoms with Gasteiger partial charge in [0.25, 0.3) is 0 Å². The van der Waals surface area contributed by atoms with Crippen molar-refractivity contribution in [3.05, 3.63) is 47.5 Å². The van der Waals surface area contributed by atoms with Crippen molar-refractivity contribution in [2.24, 2.45) is 0 Å². The molecular formula is C12H13NO3. The molecule has 1 amide bonds. The van der Waals surface area contributed by atoms with Crippen molar-refractivity contribution in [3.8, 4) is 0 Å². The second-order valence-electron chi connectivity index (χ2n) is 3.38. The summed E-state index contributed by atoms with van der Waals surface area (Å²) in [5, 5.41) is 10.9. The fraction of sp³-hybridized carbons (Fsp3) is 0.167. The van der Waals surface area contributed by atoms with Crippen LogP contribution in [0.3, 0.4) is 0 Å². The van der Waals surface area contributed by atoms with E-state index >= 15 is 0 Å². The van der Waals surface area contributed by atoms with Gasteiger partial charge in [-0.05, 0) is 12.5 Å². The number of amides is 1. The number of carbonyl (C=O) groups is 2. The van der Waals surface area contributed by atoms with Gasteiger partial charge in [-0.1, -0.05) is 29.8 Å². The van der Waals surface area contributed by atoms with Gasteiger partial charge in [0, 0.05) is 18.7 Å². The maximum atomic E-state index is 11.1. The Hall–Kier alpha value is -2.10. The first-order chi connectivity index (χ1) is 7.58. The Labute approximate surface area is 93.6 Å². The van der Waals surface area contributed by atoms with Gasteiger partial charge in [-0.25, -0.2) is 4.79 Å². The summed E-state index contributed by atoms with van der Waals surface area (Å²) in [7, 11) is 0. The first-order valence-electron chi connectivity index (χ1n) is 4.82. The summed E-state index contributed by atoms with van der Waals surface area (Å²) in [6.07, 6.45) is 1.81. The second kappa shape index (κ2) is 5.70. The molecule has 84 valence electrons. The molecule has 0 saturated carbocycles. The molecule has 4 heteroatoms. The highest BCUT2D eigenvalue weighted by molar-refractivity contribution is 5.93. The number of aliphatic carboxylic acids is 1. The van der Waals surface area contributed by atoms with E-state index in [1.165, 1.54) is 0 Å². The lowest BCUT2D eigenvalue weighted by molar-refractivity contribution is -0.131. The zero-order valence-electron chi connectivity index (χ0n) is 8.93. The van der Waals surface area contributed by atoms with Crippen LogP contribution in [-0.4, -0.2) is 17.0 Å². The summed E-state index contributed by atoms with van der Waals surface area (Å²) in [5.41, 5.74) is 2.10. The van der Waals surface area contributed by atoms with E-state index in [2.05, 4.69) is 5.32 Å². The van der Waals surface area contributed by atoms with E-state index in [9.17, 15) is 9.59 Å². The molecule has 0 fully saturated rings. The zero-order valence-corrected chi connectivity index (χ0v) is 8.93. The Morgan fingerprint density at radius 2 is 2.12 bits per heavy atom. The number of nitrogens with one attached hydrogen (secondary N) is 1. The quantitative estimate of drug-likeness (QED) is 0.749. The van der Waals surface area contributed by atoms with Gasteiger partial charge in [0.05, 0.1) is 0 Å². The molecule has 0 bridgehead atoms. The maximum absolute atomic E-state index is 11.1. The fourth-order valence-corrected chi connectivity index (χ4v) is 1.22. The van der Waals surface area contributed by atoms with Gasteiger partial charge in [-0.2, -0.15) is 0 Å². The van der Waals surface area contributed by atoms with Gasteiger partial charge in [0.2, 0.25) is 5.91 Å². The number of carboxylic acids is 1. The van der Waals surface area contributed by atoms with E-state index in [0.717, 1.165) is 23.3 Å². The summed E-state index contributed by atoms with van der Waals surface area (Å²) in [6.45, 7) is 2.36. The Morgan fingerprint density at radius 1 is 1.38 bits per heavy atom. The topological polar surface area (TPSA) is 66.4 Å². The predicted molar refractivity (Wildman–Crippen MR) is 59.8 cm³/mol. The normalized spacial score (nSPS) is 10.3. The molecule has 0 aromatic heterocycles. The Balaban J connectivity index is 2.46. The van der Waals surface area contributed by atoms with Gasteiger partial charge in [0.1, 0.15) is 0 Å². The third kappa shape index (κ3) is 4.41. The third-order valence-electron chi connectivity index (χ3n) is 1.93. The lowest BCUT2D eigenvalue weighted by Gasteiger charge is -2.03. The van der Waals surface area contributed by atoms with E-state index in [4.69, 9.17) is 5.11 Å². The smallest absolute Gasteiger partial charge is 0.328 e. The van der Waals surface area contributed by atoms with Crippen LogP contribution in [0.5, 0.6) is 0 Å². The van der Waals surface area contributed by atoms with Crippen LogP contribution < -0.4 is 5.32 Å². The van der Waals surface area contributed by atoms with Crippen molar-refractivity contribution < 1.29 is 14.7 Å². The molecule has 4 nitrogen and oxygen atoms in total. The van der Waals surface area contributed by atoms with Gasteiger partial charge >= 0.3 is 5.97 Å². The van der Waals surface area contributed by atoms with Crippen molar-refractivity contribution in [1.82, 2.24) is 5.32 Å². The second-order valence-corrected chi connectivity index (χ2v) is 3.38.